The Balaban J connectivity index is 2.07. The third kappa shape index (κ3) is 10.6. The standard InChI is InChI=1S/C24H42O3S/c1-4-5-6-7-8-9-10-11-12-13-14-15-18-21-27-28(25,26)24-20-17-16-19-23(24)22(2)3/h16-17,19-20,22H,4-15,18,21H2,1-3H3. The molecule has 0 aliphatic carbocycles. The highest BCUT2D eigenvalue weighted by Crippen LogP contribution is 2.25. The third-order valence-electron chi connectivity index (χ3n) is 5.30. The summed E-state index contributed by atoms with van der Waals surface area (Å²) in [6.07, 6.45) is 16.6. The Labute approximate surface area is 174 Å². The number of benzene rings is 1. The van der Waals surface area contributed by atoms with Gasteiger partial charge in [0.2, 0.25) is 0 Å². The topological polar surface area (TPSA) is 43.4 Å². The van der Waals surface area contributed by atoms with Gasteiger partial charge in [0.05, 0.1) is 11.5 Å². The van der Waals surface area contributed by atoms with Crippen molar-refractivity contribution in [1.29, 1.82) is 0 Å². The van der Waals surface area contributed by atoms with E-state index in [2.05, 4.69) is 6.92 Å². The lowest BCUT2D eigenvalue weighted by atomic mass is 10.0. The van der Waals surface area contributed by atoms with E-state index in [0.717, 1.165) is 18.4 Å². The molecular formula is C24H42O3S. The molecule has 0 amide bonds. The fraction of sp³-hybridized carbons (Fsp3) is 0.750. The van der Waals surface area contributed by atoms with E-state index < -0.39 is 10.1 Å². The number of rotatable bonds is 17. The average molecular weight is 411 g/mol. The average Bonchev–Trinajstić information content (AvgIpc) is 2.68. The smallest absolute Gasteiger partial charge is 0.266 e. The first-order chi connectivity index (χ1) is 13.5. The second-order valence-corrected chi connectivity index (χ2v) is 9.80. The zero-order valence-corrected chi connectivity index (χ0v) is 19.2. The Hall–Kier alpha value is -0.870. The van der Waals surface area contributed by atoms with Crippen LogP contribution in [0.5, 0.6) is 0 Å². The maximum absolute atomic E-state index is 12.5. The Morgan fingerprint density at radius 1 is 0.750 bits per heavy atom. The summed E-state index contributed by atoms with van der Waals surface area (Å²) in [5, 5.41) is 0. The van der Waals surface area contributed by atoms with Crippen molar-refractivity contribution in [2.75, 3.05) is 6.61 Å². The van der Waals surface area contributed by atoms with Crippen molar-refractivity contribution in [2.24, 2.45) is 0 Å². The van der Waals surface area contributed by atoms with Gasteiger partial charge in [-0.1, -0.05) is 116 Å². The Kier molecular flexibility index (Phi) is 13.5. The molecule has 0 aliphatic rings. The van der Waals surface area contributed by atoms with E-state index in [0.29, 0.717) is 4.90 Å². The lowest BCUT2D eigenvalue weighted by Gasteiger charge is -2.13. The van der Waals surface area contributed by atoms with Crippen LogP contribution in [0.1, 0.15) is 116 Å². The molecule has 0 saturated carbocycles. The summed E-state index contributed by atoms with van der Waals surface area (Å²) in [7, 11) is -3.65. The molecule has 4 heteroatoms. The van der Waals surface area contributed by atoms with Gasteiger partial charge >= 0.3 is 0 Å². The zero-order chi connectivity index (χ0) is 20.7. The minimum Gasteiger partial charge on any atom is -0.266 e. The van der Waals surface area contributed by atoms with Gasteiger partial charge in [-0.2, -0.15) is 8.42 Å². The summed E-state index contributed by atoms with van der Waals surface area (Å²) in [5.74, 6) is 0.158. The molecule has 0 unspecified atom stereocenters. The minimum atomic E-state index is -3.65. The van der Waals surface area contributed by atoms with E-state index in [4.69, 9.17) is 4.18 Å². The van der Waals surface area contributed by atoms with E-state index in [1.807, 2.05) is 26.0 Å². The molecule has 0 aliphatic heterocycles. The molecule has 0 spiro atoms. The molecule has 1 aromatic rings. The summed E-state index contributed by atoms with van der Waals surface area (Å²) in [6.45, 7) is 6.55. The first-order valence-electron chi connectivity index (χ1n) is 11.5. The summed E-state index contributed by atoms with van der Waals surface area (Å²) in [6, 6.07) is 7.15. The highest BCUT2D eigenvalue weighted by atomic mass is 32.2. The van der Waals surface area contributed by atoms with Gasteiger partial charge in [0.1, 0.15) is 0 Å². The van der Waals surface area contributed by atoms with Crippen molar-refractivity contribution in [1.82, 2.24) is 0 Å². The van der Waals surface area contributed by atoms with Gasteiger partial charge in [-0.05, 0) is 24.0 Å². The van der Waals surface area contributed by atoms with Gasteiger partial charge < -0.3 is 0 Å². The van der Waals surface area contributed by atoms with Gasteiger partial charge in [-0.15, -0.1) is 0 Å². The van der Waals surface area contributed by atoms with Crippen LogP contribution in [0.2, 0.25) is 0 Å². The number of hydrogen-bond donors (Lipinski definition) is 0. The maximum atomic E-state index is 12.5. The molecule has 0 aromatic heterocycles. The molecule has 3 nitrogen and oxygen atoms in total. The van der Waals surface area contributed by atoms with Crippen molar-refractivity contribution >= 4 is 10.1 Å². The highest BCUT2D eigenvalue weighted by molar-refractivity contribution is 7.86. The number of hydrogen-bond acceptors (Lipinski definition) is 3. The van der Waals surface area contributed by atoms with E-state index in [1.54, 1.807) is 12.1 Å². The van der Waals surface area contributed by atoms with Crippen LogP contribution >= 0.6 is 0 Å². The quantitative estimate of drug-likeness (QED) is 0.196. The second-order valence-electron chi connectivity index (χ2n) is 8.21. The molecule has 162 valence electrons. The van der Waals surface area contributed by atoms with Crippen LogP contribution in [0.3, 0.4) is 0 Å². The van der Waals surface area contributed by atoms with E-state index in [-0.39, 0.29) is 12.5 Å². The monoisotopic (exact) mass is 410 g/mol. The molecule has 1 rings (SSSR count). The van der Waals surface area contributed by atoms with Crippen molar-refractivity contribution in [3.63, 3.8) is 0 Å². The molecule has 0 radical (unpaired) electrons. The van der Waals surface area contributed by atoms with E-state index in [9.17, 15) is 8.42 Å². The first-order valence-corrected chi connectivity index (χ1v) is 12.9. The molecule has 0 heterocycles. The van der Waals surface area contributed by atoms with Gasteiger partial charge in [0.25, 0.3) is 10.1 Å². The van der Waals surface area contributed by atoms with Crippen molar-refractivity contribution in [3.8, 4) is 0 Å². The second kappa shape index (κ2) is 15.0. The van der Waals surface area contributed by atoms with Gasteiger partial charge in [-0.25, -0.2) is 0 Å². The van der Waals surface area contributed by atoms with Gasteiger partial charge in [0.15, 0.2) is 0 Å². The molecule has 28 heavy (non-hydrogen) atoms. The van der Waals surface area contributed by atoms with Gasteiger partial charge in [-0.3, -0.25) is 4.18 Å². The first kappa shape index (κ1) is 25.2. The van der Waals surface area contributed by atoms with Crippen LogP contribution in [0, 0.1) is 0 Å². The minimum absolute atomic E-state index is 0.158. The normalized spacial score (nSPS) is 12.0. The SMILES string of the molecule is CCCCCCCCCCCCCCCOS(=O)(=O)c1ccccc1C(C)C. The number of unbranched alkanes of at least 4 members (excludes halogenated alkanes) is 12. The van der Waals surface area contributed by atoms with E-state index in [1.165, 1.54) is 70.6 Å². The van der Waals surface area contributed by atoms with Crippen LogP contribution in [-0.4, -0.2) is 15.0 Å². The lowest BCUT2D eigenvalue weighted by Crippen LogP contribution is -2.10. The summed E-state index contributed by atoms with van der Waals surface area (Å²) in [5.41, 5.74) is 0.827. The van der Waals surface area contributed by atoms with E-state index >= 15 is 0 Å². The highest BCUT2D eigenvalue weighted by Gasteiger charge is 2.20. The van der Waals surface area contributed by atoms with Crippen molar-refractivity contribution in [2.45, 2.75) is 115 Å². The Morgan fingerprint density at radius 3 is 1.71 bits per heavy atom. The predicted octanol–water partition coefficient (Wildman–Crippen LogP) is 7.61. The molecule has 0 atom stereocenters. The molecule has 0 saturated heterocycles. The maximum Gasteiger partial charge on any atom is 0.297 e. The van der Waals surface area contributed by atoms with Crippen LogP contribution in [-0.2, 0) is 14.3 Å². The third-order valence-corrected chi connectivity index (χ3v) is 6.68. The largest absolute Gasteiger partial charge is 0.297 e. The van der Waals surface area contributed by atoms with Crippen LogP contribution in [0.4, 0.5) is 0 Å². The fourth-order valence-electron chi connectivity index (χ4n) is 3.54. The molecule has 0 fully saturated rings. The van der Waals surface area contributed by atoms with Crippen molar-refractivity contribution < 1.29 is 12.6 Å². The van der Waals surface area contributed by atoms with Crippen LogP contribution in [0.15, 0.2) is 29.2 Å². The molecular weight excluding hydrogens is 368 g/mol. The Bertz CT molecular complexity index is 608. The van der Waals surface area contributed by atoms with Gasteiger partial charge in [0, 0.05) is 0 Å². The summed E-state index contributed by atoms with van der Waals surface area (Å²) >= 11 is 0. The molecule has 0 N–H and O–H groups in total. The summed E-state index contributed by atoms with van der Waals surface area (Å²) in [4.78, 5) is 0.319. The van der Waals surface area contributed by atoms with Crippen LogP contribution < -0.4 is 0 Å². The predicted molar refractivity (Wildman–Crippen MR) is 119 cm³/mol. The summed E-state index contributed by atoms with van der Waals surface area (Å²) < 4.78 is 30.2. The zero-order valence-electron chi connectivity index (χ0n) is 18.4. The Morgan fingerprint density at radius 2 is 1.21 bits per heavy atom. The lowest BCUT2D eigenvalue weighted by molar-refractivity contribution is 0.305. The fourth-order valence-corrected chi connectivity index (χ4v) is 4.84. The molecule has 0 bridgehead atoms. The van der Waals surface area contributed by atoms with Crippen molar-refractivity contribution in [3.05, 3.63) is 29.8 Å². The van der Waals surface area contributed by atoms with Crippen LogP contribution in [0.25, 0.3) is 0 Å². The molecule has 1 aromatic carbocycles.